The van der Waals surface area contributed by atoms with Gasteiger partial charge in [0.05, 0.1) is 12.7 Å². The number of aryl methyl sites for hydroxylation is 2. The van der Waals surface area contributed by atoms with E-state index in [1.807, 2.05) is 49.1 Å². The topological polar surface area (TPSA) is 67.9 Å². The van der Waals surface area contributed by atoms with Crippen molar-refractivity contribution >= 4 is 11.8 Å². The lowest BCUT2D eigenvalue weighted by molar-refractivity contribution is -0.124. The Bertz CT molecular complexity index is 873. The third-order valence-corrected chi connectivity index (χ3v) is 5.33. The van der Waals surface area contributed by atoms with Gasteiger partial charge in [-0.1, -0.05) is 18.2 Å². The highest BCUT2D eigenvalue weighted by molar-refractivity contribution is 5.97. The fraction of sp³-hybridized carbons (Fsp3) is 0.391. The molecule has 1 heterocycles. The van der Waals surface area contributed by atoms with Crippen LogP contribution >= 0.6 is 0 Å². The first-order valence-electron chi connectivity index (χ1n) is 9.89. The molecule has 0 spiro atoms. The van der Waals surface area contributed by atoms with Crippen LogP contribution in [0.25, 0.3) is 0 Å². The van der Waals surface area contributed by atoms with Gasteiger partial charge in [0.1, 0.15) is 11.5 Å². The lowest BCUT2D eigenvalue weighted by atomic mass is 10.0. The van der Waals surface area contributed by atoms with Crippen molar-refractivity contribution < 1.29 is 19.1 Å². The molecule has 0 saturated carbocycles. The third-order valence-electron chi connectivity index (χ3n) is 5.33. The number of para-hydroxylation sites is 1. The minimum absolute atomic E-state index is 0.0111. The van der Waals surface area contributed by atoms with E-state index >= 15 is 0 Å². The summed E-state index contributed by atoms with van der Waals surface area (Å²) in [5.41, 5.74) is 2.89. The first-order chi connectivity index (χ1) is 14.0. The van der Waals surface area contributed by atoms with Gasteiger partial charge in [0.15, 0.2) is 6.61 Å². The van der Waals surface area contributed by atoms with E-state index in [-0.39, 0.29) is 24.5 Å². The summed E-state index contributed by atoms with van der Waals surface area (Å²) in [7, 11) is 1.56. The Hall–Kier alpha value is -3.02. The summed E-state index contributed by atoms with van der Waals surface area (Å²) >= 11 is 0. The molecule has 1 saturated heterocycles. The van der Waals surface area contributed by atoms with Crippen LogP contribution in [0.1, 0.15) is 34.3 Å². The van der Waals surface area contributed by atoms with Crippen LogP contribution in [0.2, 0.25) is 0 Å². The Morgan fingerprint density at radius 1 is 1.07 bits per heavy atom. The largest absolute Gasteiger partial charge is 0.496 e. The molecule has 0 atom stereocenters. The molecule has 0 radical (unpaired) electrons. The van der Waals surface area contributed by atoms with Crippen molar-refractivity contribution in [2.75, 3.05) is 26.8 Å². The highest BCUT2D eigenvalue weighted by Gasteiger charge is 2.26. The number of amides is 2. The summed E-state index contributed by atoms with van der Waals surface area (Å²) in [5, 5.41) is 3.01. The van der Waals surface area contributed by atoms with E-state index in [1.54, 1.807) is 19.2 Å². The van der Waals surface area contributed by atoms with Gasteiger partial charge in [0.25, 0.3) is 11.8 Å². The number of hydrogen-bond acceptors (Lipinski definition) is 4. The molecule has 1 fully saturated rings. The van der Waals surface area contributed by atoms with Crippen molar-refractivity contribution in [3.63, 3.8) is 0 Å². The average molecular weight is 396 g/mol. The van der Waals surface area contributed by atoms with Gasteiger partial charge in [-0.2, -0.15) is 0 Å². The summed E-state index contributed by atoms with van der Waals surface area (Å²) in [6.07, 6.45) is 1.44. The lowest BCUT2D eigenvalue weighted by Gasteiger charge is -2.32. The summed E-state index contributed by atoms with van der Waals surface area (Å²) in [6.45, 7) is 5.24. The standard InChI is InChI=1S/C23H28N2O4/c1-16-8-9-19(14-17(16)2)29-15-22(26)24-18-10-12-25(13-11-18)23(27)20-6-4-5-7-21(20)28-3/h4-9,14,18H,10-13,15H2,1-3H3,(H,24,26). The van der Waals surface area contributed by atoms with Gasteiger partial charge in [0.2, 0.25) is 0 Å². The van der Waals surface area contributed by atoms with Crippen LogP contribution in [0.3, 0.4) is 0 Å². The second-order valence-corrected chi connectivity index (χ2v) is 7.37. The van der Waals surface area contributed by atoms with E-state index < -0.39 is 0 Å². The molecule has 3 rings (SSSR count). The summed E-state index contributed by atoms with van der Waals surface area (Å²) in [6, 6.07) is 13.1. The number of carbonyl (C=O) groups excluding carboxylic acids is 2. The number of nitrogens with one attached hydrogen (secondary N) is 1. The molecule has 154 valence electrons. The Labute approximate surface area is 171 Å². The summed E-state index contributed by atoms with van der Waals surface area (Å²) < 4.78 is 10.9. The number of benzene rings is 2. The minimum atomic E-state index is -0.141. The molecule has 6 nitrogen and oxygen atoms in total. The maximum atomic E-state index is 12.8. The molecule has 29 heavy (non-hydrogen) atoms. The second kappa shape index (κ2) is 9.45. The maximum Gasteiger partial charge on any atom is 0.258 e. The van der Waals surface area contributed by atoms with E-state index in [4.69, 9.17) is 9.47 Å². The van der Waals surface area contributed by atoms with Crippen molar-refractivity contribution in [3.05, 3.63) is 59.2 Å². The number of nitrogens with zero attached hydrogens (tertiary/aromatic N) is 1. The fourth-order valence-electron chi connectivity index (χ4n) is 3.44. The molecule has 1 aliphatic heterocycles. The van der Waals surface area contributed by atoms with Crippen LogP contribution in [0.15, 0.2) is 42.5 Å². The molecular formula is C23H28N2O4. The molecule has 2 aromatic rings. The van der Waals surface area contributed by atoms with Crippen molar-refractivity contribution in [1.82, 2.24) is 10.2 Å². The zero-order chi connectivity index (χ0) is 20.8. The lowest BCUT2D eigenvalue weighted by Crippen LogP contribution is -2.47. The molecule has 0 bridgehead atoms. The quantitative estimate of drug-likeness (QED) is 0.815. The van der Waals surface area contributed by atoms with Crippen LogP contribution in [0.4, 0.5) is 0 Å². The van der Waals surface area contributed by atoms with Gasteiger partial charge in [-0.3, -0.25) is 9.59 Å². The van der Waals surface area contributed by atoms with E-state index in [1.165, 1.54) is 5.56 Å². The van der Waals surface area contributed by atoms with Crippen LogP contribution in [-0.2, 0) is 4.79 Å². The van der Waals surface area contributed by atoms with Gasteiger partial charge < -0.3 is 19.7 Å². The van der Waals surface area contributed by atoms with Crippen LogP contribution in [0, 0.1) is 13.8 Å². The maximum absolute atomic E-state index is 12.8. The minimum Gasteiger partial charge on any atom is -0.496 e. The molecule has 0 aliphatic carbocycles. The van der Waals surface area contributed by atoms with Gasteiger partial charge in [0, 0.05) is 19.1 Å². The normalized spacial score (nSPS) is 14.4. The van der Waals surface area contributed by atoms with Crippen LogP contribution < -0.4 is 14.8 Å². The first kappa shape index (κ1) is 20.7. The van der Waals surface area contributed by atoms with Gasteiger partial charge in [-0.25, -0.2) is 0 Å². The molecule has 1 aliphatic rings. The number of likely N-dealkylation sites (tertiary alicyclic amines) is 1. The highest BCUT2D eigenvalue weighted by atomic mass is 16.5. The molecule has 6 heteroatoms. The number of methoxy groups -OCH3 is 1. The predicted molar refractivity (Wildman–Crippen MR) is 111 cm³/mol. The van der Waals surface area contributed by atoms with Crippen LogP contribution in [0.5, 0.6) is 11.5 Å². The van der Waals surface area contributed by atoms with E-state index in [9.17, 15) is 9.59 Å². The zero-order valence-electron chi connectivity index (χ0n) is 17.2. The van der Waals surface area contributed by atoms with Gasteiger partial charge in [-0.15, -0.1) is 0 Å². The predicted octanol–water partition coefficient (Wildman–Crippen LogP) is 3.11. The third kappa shape index (κ3) is 5.28. The molecule has 2 aromatic carbocycles. The molecular weight excluding hydrogens is 368 g/mol. The van der Waals surface area contributed by atoms with Crippen molar-refractivity contribution in [2.24, 2.45) is 0 Å². The second-order valence-electron chi connectivity index (χ2n) is 7.37. The summed E-state index contributed by atoms with van der Waals surface area (Å²) in [5.74, 6) is 1.10. The summed E-state index contributed by atoms with van der Waals surface area (Å²) in [4.78, 5) is 26.8. The number of rotatable bonds is 6. The molecule has 2 amide bonds. The number of hydrogen-bond donors (Lipinski definition) is 1. The molecule has 1 N–H and O–H groups in total. The fourth-order valence-corrected chi connectivity index (χ4v) is 3.44. The number of carbonyl (C=O) groups is 2. The number of piperidine rings is 1. The monoisotopic (exact) mass is 396 g/mol. The zero-order valence-corrected chi connectivity index (χ0v) is 17.2. The number of ether oxygens (including phenoxy) is 2. The van der Waals surface area contributed by atoms with Gasteiger partial charge in [-0.05, 0) is 62.1 Å². The van der Waals surface area contributed by atoms with Crippen LogP contribution in [-0.4, -0.2) is 49.6 Å². The first-order valence-corrected chi connectivity index (χ1v) is 9.89. The van der Waals surface area contributed by atoms with Gasteiger partial charge >= 0.3 is 0 Å². The van der Waals surface area contributed by atoms with E-state index in [0.29, 0.717) is 30.2 Å². The van der Waals surface area contributed by atoms with E-state index in [0.717, 1.165) is 18.4 Å². The Kier molecular flexibility index (Phi) is 6.75. The van der Waals surface area contributed by atoms with Crippen molar-refractivity contribution in [2.45, 2.75) is 32.7 Å². The molecule has 0 aromatic heterocycles. The highest BCUT2D eigenvalue weighted by Crippen LogP contribution is 2.22. The Balaban J connectivity index is 1.46. The molecule has 0 unspecified atom stereocenters. The Morgan fingerprint density at radius 3 is 2.48 bits per heavy atom. The average Bonchev–Trinajstić information content (AvgIpc) is 2.74. The Morgan fingerprint density at radius 2 is 1.79 bits per heavy atom. The SMILES string of the molecule is COc1ccccc1C(=O)N1CCC(NC(=O)COc2ccc(C)c(C)c2)CC1. The van der Waals surface area contributed by atoms with Crippen molar-refractivity contribution in [3.8, 4) is 11.5 Å². The van der Waals surface area contributed by atoms with Crippen molar-refractivity contribution in [1.29, 1.82) is 0 Å². The smallest absolute Gasteiger partial charge is 0.258 e. The van der Waals surface area contributed by atoms with E-state index in [2.05, 4.69) is 5.32 Å².